The molecule has 6 nitrogen and oxygen atoms in total. The molecule has 2 N–H and O–H groups in total. The maximum Gasteiger partial charge on any atom is 0.251 e. The Balaban J connectivity index is 1.99. The fourth-order valence-corrected chi connectivity index (χ4v) is 3.33. The lowest BCUT2D eigenvalue weighted by atomic mass is 10.1. The minimum atomic E-state index is -0.321. The van der Waals surface area contributed by atoms with Gasteiger partial charge in [0.15, 0.2) is 0 Å². The average Bonchev–Trinajstić information content (AvgIpc) is 3.15. The van der Waals surface area contributed by atoms with Crippen molar-refractivity contribution in [2.45, 2.75) is 25.9 Å². The standard InChI is InChI=1S/C19H23N3O3S/c1-13(23)21-16(17-5-4-10-26-17)11-18(24)22(3)12-14-6-8-15(9-7-14)19(25)20-2/h4-10,16H,11-12H2,1-3H3,(H,20,25)(H,21,23). The van der Waals surface area contributed by atoms with Gasteiger partial charge in [0.1, 0.15) is 0 Å². The van der Waals surface area contributed by atoms with Gasteiger partial charge < -0.3 is 15.5 Å². The molecule has 1 atom stereocenters. The van der Waals surface area contributed by atoms with Crippen molar-refractivity contribution >= 4 is 29.1 Å². The molecule has 0 saturated heterocycles. The summed E-state index contributed by atoms with van der Waals surface area (Å²) in [7, 11) is 3.32. The van der Waals surface area contributed by atoms with E-state index in [9.17, 15) is 14.4 Å². The quantitative estimate of drug-likeness (QED) is 0.782. The van der Waals surface area contributed by atoms with Crippen LogP contribution in [0.1, 0.15) is 40.2 Å². The van der Waals surface area contributed by atoms with E-state index in [-0.39, 0.29) is 30.2 Å². The van der Waals surface area contributed by atoms with Crippen LogP contribution in [-0.2, 0) is 16.1 Å². The number of rotatable bonds is 7. The summed E-state index contributed by atoms with van der Waals surface area (Å²) < 4.78 is 0. The van der Waals surface area contributed by atoms with Crippen LogP contribution >= 0.6 is 11.3 Å². The summed E-state index contributed by atoms with van der Waals surface area (Å²) in [5.74, 6) is -0.369. The molecule has 3 amide bonds. The van der Waals surface area contributed by atoms with Gasteiger partial charge in [0.2, 0.25) is 11.8 Å². The van der Waals surface area contributed by atoms with Crippen LogP contribution in [0.25, 0.3) is 0 Å². The molecule has 0 bridgehead atoms. The molecule has 26 heavy (non-hydrogen) atoms. The first-order valence-electron chi connectivity index (χ1n) is 8.26. The molecule has 138 valence electrons. The van der Waals surface area contributed by atoms with E-state index in [4.69, 9.17) is 0 Å². The Hall–Kier alpha value is -2.67. The largest absolute Gasteiger partial charge is 0.355 e. The predicted octanol–water partition coefficient (Wildman–Crippen LogP) is 2.33. The maximum atomic E-state index is 12.6. The number of hydrogen-bond donors (Lipinski definition) is 2. The van der Waals surface area contributed by atoms with Gasteiger partial charge in [0.25, 0.3) is 5.91 Å². The normalized spacial score (nSPS) is 11.5. The predicted molar refractivity (Wildman–Crippen MR) is 102 cm³/mol. The van der Waals surface area contributed by atoms with Gasteiger partial charge in [0.05, 0.1) is 12.5 Å². The molecular formula is C19H23N3O3S. The van der Waals surface area contributed by atoms with Gasteiger partial charge in [-0.15, -0.1) is 11.3 Å². The number of nitrogens with zero attached hydrogens (tertiary/aromatic N) is 1. The van der Waals surface area contributed by atoms with Gasteiger partial charge in [0, 0.05) is 38.0 Å². The van der Waals surface area contributed by atoms with Gasteiger partial charge in [-0.05, 0) is 29.1 Å². The first-order valence-corrected chi connectivity index (χ1v) is 9.14. The van der Waals surface area contributed by atoms with Crippen LogP contribution < -0.4 is 10.6 Å². The molecule has 7 heteroatoms. The van der Waals surface area contributed by atoms with Crippen LogP contribution in [0.4, 0.5) is 0 Å². The van der Waals surface area contributed by atoms with E-state index in [1.165, 1.54) is 18.3 Å². The van der Waals surface area contributed by atoms with E-state index in [1.54, 1.807) is 31.1 Å². The van der Waals surface area contributed by atoms with E-state index in [2.05, 4.69) is 10.6 Å². The summed E-state index contributed by atoms with van der Waals surface area (Å²) in [5, 5.41) is 7.33. The van der Waals surface area contributed by atoms with Gasteiger partial charge in [-0.2, -0.15) is 0 Å². The summed E-state index contributed by atoms with van der Waals surface area (Å²) in [6, 6.07) is 10.6. The number of carbonyl (C=O) groups excluding carboxylic acids is 3. The lowest BCUT2D eigenvalue weighted by Gasteiger charge is -2.22. The minimum absolute atomic E-state index is 0.0625. The highest BCUT2D eigenvalue weighted by atomic mass is 32.1. The molecule has 0 aliphatic heterocycles. The van der Waals surface area contributed by atoms with E-state index < -0.39 is 0 Å². The molecule has 1 unspecified atom stereocenters. The SMILES string of the molecule is CNC(=O)c1ccc(CN(C)C(=O)CC(NC(C)=O)c2cccs2)cc1. The second-order valence-electron chi connectivity index (χ2n) is 6.00. The summed E-state index contributed by atoms with van der Waals surface area (Å²) in [4.78, 5) is 38.2. The van der Waals surface area contributed by atoms with E-state index in [1.807, 2.05) is 29.6 Å². The second-order valence-corrected chi connectivity index (χ2v) is 6.98. The fraction of sp³-hybridized carbons (Fsp3) is 0.316. The number of carbonyl (C=O) groups is 3. The van der Waals surface area contributed by atoms with Crippen molar-refractivity contribution in [2.24, 2.45) is 0 Å². The molecule has 1 aromatic carbocycles. The highest BCUT2D eigenvalue weighted by Crippen LogP contribution is 2.23. The van der Waals surface area contributed by atoms with Crippen LogP contribution in [0, 0.1) is 0 Å². The van der Waals surface area contributed by atoms with Crippen molar-refractivity contribution in [1.82, 2.24) is 15.5 Å². The Labute approximate surface area is 157 Å². The molecule has 0 radical (unpaired) electrons. The van der Waals surface area contributed by atoms with Crippen LogP contribution in [0.3, 0.4) is 0 Å². The van der Waals surface area contributed by atoms with Crippen LogP contribution in [0.2, 0.25) is 0 Å². The highest BCUT2D eigenvalue weighted by molar-refractivity contribution is 7.10. The maximum absolute atomic E-state index is 12.6. The number of thiophene rings is 1. The molecular weight excluding hydrogens is 350 g/mol. The van der Waals surface area contributed by atoms with Crippen LogP contribution in [0.15, 0.2) is 41.8 Å². The van der Waals surface area contributed by atoms with Gasteiger partial charge in [-0.1, -0.05) is 18.2 Å². The van der Waals surface area contributed by atoms with Crippen LogP contribution in [-0.4, -0.2) is 36.7 Å². The third kappa shape index (κ3) is 5.42. The van der Waals surface area contributed by atoms with Gasteiger partial charge in [-0.3, -0.25) is 14.4 Å². The van der Waals surface area contributed by atoms with Crippen molar-refractivity contribution in [3.63, 3.8) is 0 Å². The Kier molecular flexibility index (Phi) is 6.91. The first kappa shape index (κ1) is 19.7. The monoisotopic (exact) mass is 373 g/mol. The van der Waals surface area contributed by atoms with Crippen molar-refractivity contribution in [2.75, 3.05) is 14.1 Å². The fourth-order valence-electron chi connectivity index (χ4n) is 2.56. The summed E-state index contributed by atoms with van der Waals surface area (Å²) in [5.41, 5.74) is 1.51. The highest BCUT2D eigenvalue weighted by Gasteiger charge is 2.20. The van der Waals surface area contributed by atoms with E-state index in [0.29, 0.717) is 12.1 Å². The number of amides is 3. The zero-order valence-corrected chi connectivity index (χ0v) is 15.9. The minimum Gasteiger partial charge on any atom is -0.355 e. The Morgan fingerprint density at radius 2 is 1.85 bits per heavy atom. The van der Waals surface area contributed by atoms with Crippen molar-refractivity contribution in [1.29, 1.82) is 0 Å². The van der Waals surface area contributed by atoms with Gasteiger partial charge in [-0.25, -0.2) is 0 Å². The second kappa shape index (κ2) is 9.15. The third-order valence-corrected chi connectivity index (χ3v) is 4.92. The summed E-state index contributed by atoms with van der Waals surface area (Å²) in [6.07, 6.45) is 0.201. The zero-order chi connectivity index (χ0) is 19.1. The van der Waals surface area contributed by atoms with Crippen molar-refractivity contribution in [3.8, 4) is 0 Å². The van der Waals surface area contributed by atoms with Gasteiger partial charge >= 0.3 is 0 Å². The first-order chi connectivity index (χ1) is 12.4. The average molecular weight is 373 g/mol. The van der Waals surface area contributed by atoms with Crippen molar-refractivity contribution < 1.29 is 14.4 Å². The molecule has 0 aliphatic rings. The number of hydrogen-bond acceptors (Lipinski definition) is 4. The molecule has 2 aromatic rings. The topological polar surface area (TPSA) is 78.5 Å². The third-order valence-electron chi connectivity index (χ3n) is 3.93. The number of benzene rings is 1. The Morgan fingerprint density at radius 3 is 2.38 bits per heavy atom. The summed E-state index contributed by atoms with van der Waals surface area (Å²) >= 11 is 1.51. The molecule has 0 spiro atoms. The lowest BCUT2D eigenvalue weighted by Crippen LogP contribution is -2.33. The van der Waals surface area contributed by atoms with E-state index >= 15 is 0 Å². The van der Waals surface area contributed by atoms with Crippen molar-refractivity contribution in [3.05, 3.63) is 57.8 Å². The van der Waals surface area contributed by atoms with E-state index in [0.717, 1.165) is 10.4 Å². The molecule has 1 heterocycles. The molecule has 1 aromatic heterocycles. The lowest BCUT2D eigenvalue weighted by molar-refractivity contribution is -0.131. The molecule has 0 saturated carbocycles. The molecule has 0 aliphatic carbocycles. The Morgan fingerprint density at radius 1 is 1.15 bits per heavy atom. The smallest absolute Gasteiger partial charge is 0.251 e. The molecule has 0 fully saturated rings. The summed E-state index contributed by atoms with van der Waals surface area (Å²) in [6.45, 7) is 1.88. The van der Waals surface area contributed by atoms with Crippen LogP contribution in [0.5, 0.6) is 0 Å². The number of nitrogens with one attached hydrogen (secondary N) is 2. The molecule has 2 rings (SSSR count). The Bertz CT molecular complexity index is 757. The zero-order valence-electron chi connectivity index (χ0n) is 15.1.